The summed E-state index contributed by atoms with van der Waals surface area (Å²) >= 11 is 12.4. The Hall–Kier alpha value is -3.24. The summed E-state index contributed by atoms with van der Waals surface area (Å²) in [6, 6.07) is 15.3. The Bertz CT molecular complexity index is 1310. The predicted molar refractivity (Wildman–Crippen MR) is 159 cm³/mol. The van der Waals surface area contributed by atoms with Gasteiger partial charge >= 0.3 is 0 Å². The first-order chi connectivity index (χ1) is 19.6. The molecule has 1 heterocycles. The number of unbranched alkanes of at least 4 members (excludes halogenated alkanes) is 1. The number of halogens is 4. The summed E-state index contributed by atoms with van der Waals surface area (Å²) < 4.78 is 27.0. The van der Waals surface area contributed by atoms with Gasteiger partial charge in [0.15, 0.2) is 0 Å². The standard InChI is InChI=1S/C30H33Cl2F2N5O2/c31-24-12-13-25(35)28(32)29(24)37-27(40)18-39-16-15-38(17-26(39)30(36)41)14-2-1-3-23(19-4-8-21(33)9-5-19)20-6-10-22(34)11-7-20/h4-13,23,26H,1-3,14-18,35H2,(H2,36,41)(H,37,40)/t26-/m0/s1. The summed E-state index contributed by atoms with van der Waals surface area (Å²) in [6.45, 7) is 2.24. The van der Waals surface area contributed by atoms with Gasteiger partial charge in [-0.3, -0.25) is 19.4 Å². The molecule has 0 aromatic heterocycles. The molecule has 1 saturated heterocycles. The first kappa shape index (κ1) is 30.7. The van der Waals surface area contributed by atoms with E-state index in [4.69, 9.17) is 34.7 Å². The zero-order valence-electron chi connectivity index (χ0n) is 22.5. The number of hydrogen-bond acceptors (Lipinski definition) is 5. The number of anilines is 2. The van der Waals surface area contributed by atoms with Gasteiger partial charge in [-0.1, -0.05) is 53.9 Å². The quantitative estimate of drug-likeness (QED) is 0.205. The predicted octanol–water partition coefficient (Wildman–Crippen LogP) is 5.27. The number of carbonyl (C=O) groups is 2. The minimum atomic E-state index is -0.632. The number of rotatable bonds is 11. The van der Waals surface area contributed by atoms with Crippen LogP contribution in [0.15, 0.2) is 60.7 Å². The maximum atomic E-state index is 13.5. The van der Waals surface area contributed by atoms with Gasteiger partial charge in [0, 0.05) is 25.6 Å². The highest BCUT2D eigenvalue weighted by molar-refractivity contribution is 6.41. The van der Waals surface area contributed by atoms with E-state index < -0.39 is 11.9 Å². The van der Waals surface area contributed by atoms with Crippen LogP contribution < -0.4 is 16.8 Å². The molecule has 218 valence electrons. The molecule has 1 atom stereocenters. The highest BCUT2D eigenvalue weighted by atomic mass is 35.5. The minimum absolute atomic E-state index is 0.00639. The maximum absolute atomic E-state index is 13.5. The SMILES string of the molecule is NC(=O)[C@@H]1CN(CCCCC(c2ccc(F)cc2)c2ccc(F)cc2)CCN1CC(=O)Nc1c(Cl)ccc(N)c1Cl. The summed E-state index contributed by atoms with van der Waals surface area (Å²) in [7, 11) is 0. The Morgan fingerprint density at radius 1 is 0.927 bits per heavy atom. The number of nitrogens with zero attached hydrogens (tertiary/aromatic N) is 2. The van der Waals surface area contributed by atoms with Gasteiger partial charge < -0.3 is 16.8 Å². The van der Waals surface area contributed by atoms with Crippen molar-refractivity contribution < 1.29 is 18.4 Å². The van der Waals surface area contributed by atoms with E-state index >= 15 is 0 Å². The Labute approximate surface area is 248 Å². The Morgan fingerprint density at radius 2 is 1.54 bits per heavy atom. The molecule has 1 aliphatic heterocycles. The highest BCUT2D eigenvalue weighted by Gasteiger charge is 2.32. The second kappa shape index (κ2) is 14.1. The number of benzene rings is 3. The zero-order chi connectivity index (χ0) is 29.5. The third-order valence-corrected chi connectivity index (χ3v) is 8.12. The smallest absolute Gasteiger partial charge is 0.238 e. The molecule has 3 aromatic rings. The largest absolute Gasteiger partial charge is 0.397 e. The van der Waals surface area contributed by atoms with Crippen LogP contribution in [0.4, 0.5) is 20.2 Å². The molecular formula is C30H33Cl2F2N5O2. The van der Waals surface area contributed by atoms with Crippen molar-refractivity contribution in [2.24, 2.45) is 5.73 Å². The van der Waals surface area contributed by atoms with E-state index in [1.807, 2.05) is 0 Å². The molecule has 2 amide bonds. The molecule has 41 heavy (non-hydrogen) atoms. The van der Waals surface area contributed by atoms with Crippen LogP contribution >= 0.6 is 23.2 Å². The fourth-order valence-corrected chi connectivity index (χ4v) is 5.65. The van der Waals surface area contributed by atoms with Crippen molar-refractivity contribution in [3.63, 3.8) is 0 Å². The van der Waals surface area contributed by atoms with Crippen LogP contribution in [-0.2, 0) is 9.59 Å². The van der Waals surface area contributed by atoms with Crippen molar-refractivity contribution in [3.05, 3.63) is 93.5 Å². The zero-order valence-corrected chi connectivity index (χ0v) is 24.0. The number of nitrogens with two attached hydrogens (primary N) is 2. The number of nitrogens with one attached hydrogen (secondary N) is 1. The first-order valence-corrected chi connectivity index (χ1v) is 14.2. The molecule has 11 heteroatoms. The van der Waals surface area contributed by atoms with Crippen LogP contribution in [0.25, 0.3) is 0 Å². The molecule has 1 fully saturated rings. The maximum Gasteiger partial charge on any atom is 0.238 e. The number of nitrogen functional groups attached to an aromatic ring is 1. The van der Waals surface area contributed by atoms with Gasteiger partial charge in [-0.25, -0.2) is 8.78 Å². The van der Waals surface area contributed by atoms with Crippen LogP contribution in [0.5, 0.6) is 0 Å². The van der Waals surface area contributed by atoms with Crippen LogP contribution in [0.3, 0.4) is 0 Å². The van der Waals surface area contributed by atoms with Crippen LogP contribution in [0.1, 0.15) is 36.3 Å². The second-order valence-corrected chi connectivity index (χ2v) is 11.0. The normalized spacial score (nSPS) is 16.2. The lowest BCUT2D eigenvalue weighted by molar-refractivity contribution is -0.127. The molecule has 4 rings (SSSR count). The summed E-state index contributed by atoms with van der Waals surface area (Å²) in [5, 5.41) is 3.11. The monoisotopic (exact) mass is 603 g/mol. The molecule has 0 radical (unpaired) electrons. The fraction of sp³-hybridized carbons (Fsp3) is 0.333. The molecule has 1 aliphatic rings. The lowest BCUT2D eigenvalue weighted by Crippen LogP contribution is -2.59. The van der Waals surface area contributed by atoms with Crippen LogP contribution in [-0.4, -0.2) is 60.4 Å². The Balaban J connectivity index is 1.31. The van der Waals surface area contributed by atoms with Crippen molar-refractivity contribution in [2.75, 3.05) is 43.8 Å². The van der Waals surface area contributed by atoms with Gasteiger partial charge in [0.1, 0.15) is 17.7 Å². The average molecular weight is 605 g/mol. The van der Waals surface area contributed by atoms with Crippen molar-refractivity contribution in [1.82, 2.24) is 9.80 Å². The molecular weight excluding hydrogens is 571 g/mol. The van der Waals surface area contributed by atoms with Gasteiger partial charge in [0.05, 0.1) is 28.0 Å². The molecule has 0 spiro atoms. The van der Waals surface area contributed by atoms with Gasteiger partial charge in [-0.15, -0.1) is 0 Å². The van der Waals surface area contributed by atoms with E-state index in [-0.39, 0.29) is 51.4 Å². The van der Waals surface area contributed by atoms with E-state index in [9.17, 15) is 18.4 Å². The van der Waals surface area contributed by atoms with E-state index in [0.29, 0.717) is 19.6 Å². The van der Waals surface area contributed by atoms with Crippen LogP contribution in [0, 0.1) is 11.6 Å². The van der Waals surface area contributed by atoms with Gasteiger partial charge in [0.25, 0.3) is 0 Å². The molecule has 7 nitrogen and oxygen atoms in total. The van der Waals surface area contributed by atoms with Gasteiger partial charge in [-0.05, 0) is 66.9 Å². The minimum Gasteiger partial charge on any atom is -0.397 e. The molecule has 5 N–H and O–H groups in total. The van der Waals surface area contributed by atoms with Crippen molar-refractivity contribution >= 4 is 46.4 Å². The van der Waals surface area contributed by atoms with Gasteiger partial charge in [0.2, 0.25) is 11.8 Å². The fourth-order valence-electron chi connectivity index (χ4n) is 5.19. The Morgan fingerprint density at radius 3 is 2.12 bits per heavy atom. The molecule has 0 unspecified atom stereocenters. The average Bonchev–Trinajstić information content (AvgIpc) is 2.95. The molecule has 3 aromatic carbocycles. The molecule has 0 aliphatic carbocycles. The lowest BCUT2D eigenvalue weighted by Gasteiger charge is -2.39. The first-order valence-electron chi connectivity index (χ1n) is 13.4. The number of primary amides is 1. The molecule has 0 saturated carbocycles. The number of amides is 2. The van der Waals surface area contributed by atoms with E-state index in [1.54, 1.807) is 41.3 Å². The summed E-state index contributed by atoms with van der Waals surface area (Å²) in [5.41, 5.74) is 14.0. The number of piperazine rings is 1. The van der Waals surface area contributed by atoms with Gasteiger partial charge in [-0.2, -0.15) is 0 Å². The summed E-state index contributed by atoms with van der Waals surface area (Å²) in [5.74, 6) is -1.48. The summed E-state index contributed by atoms with van der Waals surface area (Å²) in [4.78, 5) is 29.0. The lowest BCUT2D eigenvalue weighted by atomic mass is 9.87. The van der Waals surface area contributed by atoms with E-state index in [2.05, 4.69) is 10.2 Å². The van der Waals surface area contributed by atoms with E-state index in [0.717, 1.165) is 36.9 Å². The number of hydrogen-bond donors (Lipinski definition) is 3. The van der Waals surface area contributed by atoms with Crippen molar-refractivity contribution in [2.45, 2.75) is 31.2 Å². The highest BCUT2D eigenvalue weighted by Crippen LogP contribution is 2.35. The van der Waals surface area contributed by atoms with Crippen LogP contribution in [0.2, 0.25) is 10.0 Å². The second-order valence-electron chi connectivity index (χ2n) is 10.2. The topological polar surface area (TPSA) is 105 Å². The molecule has 0 bridgehead atoms. The van der Waals surface area contributed by atoms with E-state index in [1.165, 1.54) is 24.3 Å². The number of carbonyl (C=O) groups excluding carboxylic acids is 2. The third-order valence-electron chi connectivity index (χ3n) is 7.40. The van der Waals surface area contributed by atoms with Crippen molar-refractivity contribution in [3.8, 4) is 0 Å². The third kappa shape index (κ3) is 8.16. The summed E-state index contributed by atoms with van der Waals surface area (Å²) in [6.07, 6.45) is 2.52. The Kier molecular flexibility index (Phi) is 10.6. The van der Waals surface area contributed by atoms with Crippen molar-refractivity contribution in [1.29, 1.82) is 0 Å².